The molecule has 1 fully saturated rings. The summed E-state index contributed by atoms with van der Waals surface area (Å²) >= 11 is 1.03. The van der Waals surface area contributed by atoms with Crippen molar-refractivity contribution in [2.45, 2.75) is 64.5 Å². The fourth-order valence-corrected chi connectivity index (χ4v) is 5.30. The van der Waals surface area contributed by atoms with Crippen LogP contribution in [0.4, 0.5) is 0 Å². The van der Waals surface area contributed by atoms with Crippen molar-refractivity contribution in [3.63, 3.8) is 0 Å². The van der Waals surface area contributed by atoms with E-state index >= 15 is 0 Å². The van der Waals surface area contributed by atoms with Crippen LogP contribution in [-0.4, -0.2) is 86.0 Å². The summed E-state index contributed by atoms with van der Waals surface area (Å²) in [6.45, 7) is 5.76. The molecular weight excluding hydrogens is 456 g/mol. The lowest BCUT2D eigenvalue weighted by Gasteiger charge is -2.44. The number of rotatable bonds is 10. The molecule has 0 unspecified atom stereocenters. The minimum Gasteiger partial charge on any atom is -0.463 e. The fourth-order valence-electron chi connectivity index (χ4n) is 2.76. The molecule has 1 aliphatic rings. The Morgan fingerprint density at radius 1 is 0.839 bits per heavy atom. The van der Waals surface area contributed by atoms with E-state index in [2.05, 4.69) is 0 Å². The second kappa shape index (κ2) is 12.2. The normalized spacial score (nSPS) is 25.9. The highest BCUT2D eigenvalue weighted by Gasteiger charge is 2.52. The Kier molecular flexibility index (Phi) is 10.7. The van der Waals surface area contributed by atoms with Crippen LogP contribution in [0.1, 0.15) is 34.6 Å². The molecule has 0 amide bonds. The molecule has 5 atom stereocenters. The van der Waals surface area contributed by atoms with E-state index in [1.807, 2.05) is 0 Å². The first-order valence-electron chi connectivity index (χ1n) is 9.48. The van der Waals surface area contributed by atoms with Gasteiger partial charge in [-0.05, 0) is 0 Å². The number of ether oxygens (including phenoxy) is 5. The highest BCUT2D eigenvalue weighted by molar-refractivity contribution is 8.01. The van der Waals surface area contributed by atoms with Gasteiger partial charge in [0.05, 0.1) is 5.75 Å². The van der Waals surface area contributed by atoms with Gasteiger partial charge in [0, 0.05) is 39.2 Å². The molecule has 1 rings (SSSR count). The lowest BCUT2D eigenvalue weighted by atomic mass is 9.99. The average Bonchev–Trinajstić information content (AvgIpc) is 2.63. The van der Waals surface area contributed by atoms with Crippen LogP contribution in [0.2, 0.25) is 0 Å². The van der Waals surface area contributed by atoms with Crippen LogP contribution in [0, 0.1) is 0 Å². The molecule has 0 aromatic rings. The van der Waals surface area contributed by atoms with Crippen molar-refractivity contribution in [1.29, 1.82) is 0 Å². The van der Waals surface area contributed by atoms with Crippen molar-refractivity contribution in [3.8, 4) is 0 Å². The van der Waals surface area contributed by atoms with Crippen LogP contribution in [0.5, 0.6) is 0 Å². The van der Waals surface area contributed by atoms with Crippen LogP contribution in [-0.2, 0) is 52.7 Å². The third-order valence-electron chi connectivity index (χ3n) is 4.06. The van der Waals surface area contributed by atoms with E-state index < -0.39 is 63.6 Å². The maximum absolute atomic E-state index is 11.8. The number of thioether (sulfide) groups is 1. The number of carbonyl (C=O) groups is 4. The first kappa shape index (κ1) is 27.2. The van der Waals surface area contributed by atoms with Gasteiger partial charge in [-0.3, -0.25) is 19.2 Å². The van der Waals surface area contributed by atoms with Crippen molar-refractivity contribution in [2.75, 3.05) is 23.9 Å². The molecule has 13 heteroatoms. The van der Waals surface area contributed by atoms with E-state index in [1.165, 1.54) is 13.8 Å². The standard InChI is InChI=1S/C18H28O11S2/c1-6-31(23,24)8-7-30-18-17(28-13(5)22)16(27-12(4)21)15(26-11(3)20)14(29-18)9-25-10(2)19/h14-18H,6-9H2,1-5H3/t14-,15+,16+,17-,18+/m1/s1. The van der Waals surface area contributed by atoms with Gasteiger partial charge >= 0.3 is 23.9 Å². The predicted molar refractivity (Wildman–Crippen MR) is 109 cm³/mol. The number of esters is 4. The molecule has 31 heavy (non-hydrogen) atoms. The lowest BCUT2D eigenvalue weighted by molar-refractivity contribution is -0.237. The average molecular weight is 485 g/mol. The second-order valence-corrected chi connectivity index (χ2v) is 10.4. The summed E-state index contributed by atoms with van der Waals surface area (Å²) < 4.78 is 50.3. The van der Waals surface area contributed by atoms with Crippen molar-refractivity contribution < 1.29 is 51.3 Å². The number of hydrogen-bond donors (Lipinski definition) is 0. The van der Waals surface area contributed by atoms with E-state index in [0.717, 1.165) is 32.5 Å². The van der Waals surface area contributed by atoms with Crippen molar-refractivity contribution >= 4 is 45.5 Å². The summed E-state index contributed by atoms with van der Waals surface area (Å²) in [6.07, 6.45) is -4.75. The molecule has 0 N–H and O–H groups in total. The molecule has 1 saturated heterocycles. The Labute approximate surface area is 185 Å². The minimum atomic E-state index is -3.26. The van der Waals surface area contributed by atoms with Gasteiger partial charge in [-0.2, -0.15) is 0 Å². The second-order valence-electron chi connectivity index (χ2n) is 6.67. The first-order valence-corrected chi connectivity index (χ1v) is 12.4. The van der Waals surface area contributed by atoms with Gasteiger partial charge in [0.15, 0.2) is 28.1 Å². The number of sulfone groups is 1. The van der Waals surface area contributed by atoms with Gasteiger partial charge < -0.3 is 23.7 Å². The number of carbonyl (C=O) groups excluding carboxylic acids is 4. The lowest BCUT2D eigenvalue weighted by Crippen LogP contribution is -2.61. The summed E-state index contributed by atoms with van der Waals surface area (Å²) in [4.78, 5) is 46.3. The third kappa shape index (κ3) is 9.44. The minimum absolute atomic E-state index is 0.0356. The van der Waals surface area contributed by atoms with Crippen LogP contribution < -0.4 is 0 Å². The Hall–Kier alpha value is -1.86. The summed E-state index contributed by atoms with van der Waals surface area (Å²) in [5, 5.41) is 0. The fraction of sp³-hybridized carbons (Fsp3) is 0.778. The Morgan fingerprint density at radius 2 is 1.35 bits per heavy atom. The smallest absolute Gasteiger partial charge is 0.303 e. The van der Waals surface area contributed by atoms with E-state index in [4.69, 9.17) is 23.7 Å². The van der Waals surface area contributed by atoms with Gasteiger partial charge in [0.2, 0.25) is 0 Å². The monoisotopic (exact) mass is 484 g/mol. The van der Waals surface area contributed by atoms with Crippen LogP contribution in [0.3, 0.4) is 0 Å². The highest BCUT2D eigenvalue weighted by Crippen LogP contribution is 2.34. The van der Waals surface area contributed by atoms with Gasteiger partial charge in [0.1, 0.15) is 18.1 Å². The van der Waals surface area contributed by atoms with Crippen LogP contribution in [0.15, 0.2) is 0 Å². The summed E-state index contributed by atoms with van der Waals surface area (Å²) in [5.74, 6) is -2.87. The maximum Gasteiger partial charge on any atom is 0.303 e. The van der Waals surface area contributed by atoms with Gasteiger partial charge in [-0.25, -0.2) is 8.42 Å². The first-order chi connectivity index (χ1) is 14.4. The molecular formula is C18H28O11S2. The molecule has 0 radical (unpaired) electrons. The summed E-state index contributed by atoms with van der Waals surface area (Å²) in [5.41, 5.74) is -0.979. The Balaban J connectivity index is 3.24. The molecule has 0 aromatic heterocycles. The highest BCUT2D eigenvalue weighted by atomic mass is 32.2. The zero-order valence-corrected chi connectivity index (χ0v) is 19.7. The topological polar surface area (TPSA) is 149 Å². The zero-order valence-electron chi connectivity index (χ0n) is 18.0. The van der Waals surface area contributed by atoms with Gasteiger partial charge in [0.25, 0.3) is 0 Å². The molecule has 0 aromatic carbocycles. The molecule has 0 aliphatic carbocycles. The molecule has 0 bridgehead atoms. The predicted octanol–water partition coefficient (Wildman–Crippen LogP) is 0.237. The van der Waals surface area contributed by atoms with E-state index in [9.17, 15) is 27.6 Å². The Morgan fingerprint density at radius 3 is 1.84 bits per heavy atom. The zero-order chi connectivity index (χ0) is 23.8. The maximum atomic E-state index is 11.8. The Bertz CT molecular complexity index is 764. The van der Waals surface area contributed by atoms with Crippen LogP contribution in [0.25, 0.3) is 0 Å². The molecule has 178 valence electrons. The largest absolute Gasteiger partial charge is 0.463 e. The van der Waals surface area contributed by atoms with Crippen LogP contribution >= 0.6 is 11.8 Å². The molecule has 0 spiro atoms. The van der Waals surface area contributed by atoms with Crippen molar-refractivity contribution in [2.24, 2.45) is 0 Å². The van der Waals surface area contributed by atoms with Crippen molar-refractivity contribution in [3.05, 3.63) is 0 Å². The summed E-state index contributed by atoms with van der Waals surface area (Å²) in [7, 11) is -3.26. The molecule has 1 heterocycles. The van der Waals surface area contributed by atoms with Gasteiger partial charge in [-0.1, -0.05) is 6.92 Å². The molecule has 11 nitrogen and oxygen atoms in total. The summed E-state index contributed by atoms with van der Waals surface area (Å²) in [6, 6.07) is 0. The SMILES string of the molecule is CCS(=O)(=O)CCS[C@@H]1O[C@H](COC(C)=O)[C@H](OC(C)=O)[C@H](OC(C)=O)[C@H]1OC(C)=O. The quantitative estimate of drug-likeness (QED) is 0.309. The van der Waals surface area contributed by atoms with E-state index in [-0.39, 0.29) is 23.9 Å². The van der Waals surface area contributed by atoms with E-state index in [0.29, 0.717) is 0 Å². The van der Waals surface area contributed by atoms with E-state index in [1.54, 1.807) is 0 Å². The molecule has 1 aliphatic heterocycles. The van der Waals surface area contributed by atoms with Gasteiger partial charge in [-0.15, -0.1) is 11.8 Å². The molecule has 0 saturated carbocycles. The number of hydrogen-bond acceptors (Lipinski definition) is 12. The van der Waals surface area contributed by atoms with Crippen molar-refractivity contribution in [1.82, 2.24) is 0 Å². The third-order valence-corrected chi connectivity index (χ3v) is 7.18.